The summed E-state index contributed by atoms with van der Waals surface area (Å²) < 4.78 is 5.63. The van der Waals surface area contributed by atoms with E-state index in [1.54, 1.807) is 0 Å². The Balaban J connectivity index is 1.91. The van der Waals surface area contributed by atoms with E-state index in [9.17, 15) is 4.79 Å². The molecule has 2 rings (SSSR count). The fraction of sp³-hybridized carbons (Fsp3) is 0.941. The van der Waals surface area contributed by atoms with Crippen LogP contribution in [0.5, 0.6) is 0 Å². The van der Waals surface area contributed by atoms with E-state index in [4.69, 9.17) is 4.74 Å². The molecule has 0 aromatic rings. The number of nitrogens with one attached hydrogen (secondary N) is 1. The zero-order valence-electron chi connectivity index (χ0n) is 14.0. The van der Waals surface area contributed by atoms with Gasteiger partial charge < -0.3 is 15.0 Å². The summed E-state index contributed by atoms with van der Waals surface area (Å²) in [5.74, 6) is 0. The summed E-state index contributed by atoms with van der Waals surface area (Å²) in [7, 11) is 0. The van der Waals surface area contributed by atoms with E-state index < -0.39 is 5.60 Å². The molecule has 2 saturated carbocycles. The molecule has 0 aromatic carbocycles. The minimum absolute atomic E-state index is 0.132. The van der Waals surface area contributed by atoms with Crippen LogP contribution in [0.15, 0.2) is 0 Å². The third-order valence-electron chi connectivity index (χ3n) is 4.26. The van der Waals surface area contributed by atoms with Gasteiger partial charge in [-0.05, 0) is 46.5 Å². The van der Waals surface area contributed by atoms with E-state index in [2.05, 4.69) is 5.32 Å². The minimum atomic E-state index is -0.413. The molecule has 2 aliphatic carbocycles. The van der Waals surface area contributed by atoms with Crippen LogP contribution >= 0.6 is 0 Å². The Morgan fingerprint density at radius 3 is 2.24 bits per heavy atom. The zero-order valence-corrected chi connectivity index (χ0v) is 14.0. The molecule has 1 amide bonds. The maximum absolute atomic E-state index is 12.5. The van der Waals surface area contributed by atoms with Crippen molar-refractivity contribution in [3.8, 4) is 0 Å². The monoisotopic (exact) mass is 296 g/mol. The molecule has 4 heteroatoms. The topological polar surface area (TPSA) is 41.6 Å². The molecule has 0 spiro atoms. The van der Waals surface area contributed by atoms with Crippen LogP contribution in [-0.2, 0) is 4.74 Å². The van der Waals surface area contributed by atoms with Crippen molar-refractivity contribution in [3.63, 3.8) is 0 Å². The number of rotatable bonds is 5. The van der Waals surface area contributed by atoms with Gasteiger partial charge >= 0.3 is 6.09 Å². The molecule has 2 fully saturated rings. The van der Waals surface area contributed by atoms with Crippen molar-refractivity contribution in [2.45, 2.75) is 89.8 Å². The molecule has 0 radical (unpaired) electrons. The van der Waals surface area contributed by atoms with Crippen LogP contribution in [-0.4, -0.2) is 41.8 Å². The second-order valence-electron chi connectivity index (χ2n) is 7.55. The first kappa shape index (κ1) is 16.6. The highest BCUT2D eigenvalue weighted by Gasteiger charge is 2.29. The van der Waals surface area contributed by atoms with Crippen molar-refractivity contribution in [1.29, 1.82) is 0 Å². The average molecular weight is 296 g/mol. The van der Waals surface area contributed by atoms with E-state index >= 15 is 0 Å². The molecule has 0 unspecified atom stereocenters. The van der Waals surface area contributed by atoms with Crippen molar-refractivity contribution < 1.29 is 9.53 Å². The SMILES string of the molecule is CC(C)(C)OC(=O)N(CCNC1CC1)C1CCCCCC1. The molecule has 4 nitrogen and oxygen atoms in total. The maximum Gasteiger partial charge on any atom is 0.410 e. The maximum atomic E-state index is 12.5. The standard InChI is InChI=1S/C17H32N2O2/c1-17(2,3)21-16(20)19(13-12-18-14-10-11-14)15-8-6-4-5-7-9-15/h14-15,18H,4-13H2,1-3H3. The van der Waals surface area contributed by atoms with Crippen LogP contribution < -0.4 is 5.32 Å². The highest BCUT2D eigenvalue weighted by Crippen LogP contribution is 2.24. The number of hydrogen-bond acceptors (Lipinski definition) is 3. The van der Waals surface area contributed by atoms with Gasteiger partial charge in [-0.25, -0.2) is 4.79 Å². The predicted molar refractivity (Wildman–Crippen MR) is 85.5 cm³/mol. The number of amides is 1. The van der Waals surface area contributed by atoms with Crippen molar-refractivity contribution >= 4 is 6.09 Å². The van der Waals surface area contributed by atoms with Gasteiger partial charge in [0.15, 0.2) is 0 Å². The second-order valence-corrected chi connectivity index (χ2v) is 7.55. The third-order valence-corrected chi connectivity index (χ3v) is 4.26. The average Bonchev–Trinajstić information content (AvgIpc) is 3.19. The van der Waals surface area contributed by atoms with Gasteiger partial charge in [0.25, 0.3) is 0 Å². The van der Waals surface area contributed by atoms with Crippen molar-refractivity contribution in [1.82, 2.24) is 10.2 Å². The molecule has 0 aliphatic heterocycles. The van der Waals surface area contributed by atoms with Gasteiger partial charge in [0.2, 0.25) is 0 Å². The minimum Gasteiger partial charge on any atom is -0.444 e. The summed E-state index contributed by atoms with van der Waals surface area (Å²) in [5, 5.41) is 3.51. The molecule has 21 heavy (non-hydrogen) atoms. The molecule has 0 bridgehead atoms. The Hall–Kier alpha value is -0.770. The Kier molecular flexibility index (Phi) is 5.91. The van der Waals surface area contributed by atoms with E-state index in [0.29, 0.717) is 12.1 Å². The molecular weight excluding hydrogens is 264 g/mol. The van der Waals surface area contributed by atoms with Crippen LogP contribution in [0.4, 0.5) is 4.79 Å². The lowest BCUT2D eigenvalue weighted by Gasteiger charge is -2.33. The number of ether oxygens (including phenoxy) is 1. The van der Waals surface area contributed by atoms with Crippen LogP contribution in [0.3, 0.4) is 0 Å². The van der Waals surface area contributed by atoms with Gasteiger partial charge in [-0.15, -0.1) is 0 Å². The molecule has 1 N–H and O–H groups in total. The summed E-state index contributed by atoms with van der Waals surface area (Å²) >= 11 is 0. The van der Waals surface area contributed by atoms with Crippen molar-refractivity contribution in [3.05, 3.63) is 0 Å². The first-order valence-electron chi connectivity index (χ1n) is 8.69. The number of nitrogens with zero attached hydrogens (tertiary/aromatic N) is 1. The van der Waals surface area contributed by atoms with Crippen molar-refractivity contribution in [2.75, 3.05) is 13.1 Å². The smallest absolute Gasteiger partial charge is 0.410 e. The third kappa shape index (κ3) is 6.25. The molecule has 2 aliphatic rings. The molecule has 0 saturated heterocycles. The summed E-state index contributed by atoms with van der Waals surface area (Å²) in [4.78, 5) is 14.5. The number of hydrogen-bond donors (Lipinski definition) is 1. The lowest BCUT2D eigenvalue weighted by Crippen LogP contribution is -2.46. The summed E-state index contributed by atoms with van der Waals surface area (Å²) in [5.41, 5.74) is -0.413. The molecular formula is C17H32N2O2. The quantitative estimate of drug-likeness (QED) is 0.787. The molecule has 0 aromatic heterocycles. The largest absolute Gasteiger partial charge is 0.444 e. The summed E-state index contributed by atoms with van der Waals surface area (Å²) in [6.07, 6.45) is 9.78. The van der Waals surface area contributed by atoms with Crippen LogP contribution in [0.1, 0.15) is 72.1 Å². The highest BCUT2D eigenvalue weighted by atomic mass is 16.6. The predicted octanol–water partition coefficient (Wildman–Crippen LogP) is 3.70. The first-order valence-corrected chi connectivity index (χ1v) is 8.69. The first-order chi connectivity index (χ1) is 9.96. The zero-order chi connectivity index (χ0) is 15.3. The molecule has 122 valence electrons. The number of carbonyl (C=O) groups excluding carboxylic acids is 1. The summed E-state index contributed by atoms with van der Waals surface area (Å²) in [6.45, 7) is 7.49. The van der Waals surface area contributed by atoms with E-state index in [0.717, 1.165) is 25.9 Å². The number of carbonyl (C=O) groups is 1. The fourth-order valence-electron chi connectivity index (χ4n) is 2.99. The van der Waals surface area contributed by atoms with E-state index in [1.807, 2.05) is 25.7 Å². The van der Waals surface area contributed by atoms with Gasteiger partial charge in [0, 0.05) is 25.2 Å². The molecule has 0 heterocycles. The lowest BCUT2D eigenvalue weighted by molar-refractivity contribution is 0.0147. The normalized spacial score (nSPS) is 20.9. The van der Waals surface area contributed by atoms with Crippen LogP contribution in [0.25, 0.3) is 0 Å². The van der Waals surface area contributed by atoms with E-state index in [1.165, 1.54) is 38.5 Å². The van der Waals surface area contributed by atoms with Crippen molar-refractivity contribution in [2.24, 2.45) is 0 Å². The Morgan fingerprint density at radius 2 is 1.71 bits per heavy atom. The second kappa shape index (κ2) is 7.48. The lowest BCUT2D eigenvalue weighted by atomic mass is 10.1. The van der Waals surface area contributed by atoms with Crippen LogP contribution in [0, 0.1) is 0 Å². The van der Waals surface area contributed by atoms with E-state index in [-0.39, 0.29) is 6.09 Å². The Labute approximate surface area is 129 Å². The fourth-order valence-corrected chi connectivity index (χ4v) is 2.99. The molecule has 0 atom stereocenters. The van der Waals surface area contributed by atoms with Gasteiger partial charge in [-0.2, -0.15) is 0 Å². The highest BCUT2D eigenvalue weighted by molar-refractivity contribution is 5.68. The Bertz CT molecular complexity index is 326. The van der Waals surface area contributed by atoms with Gasteiger partial charge in [0.1, 0.15) is 5.60 Å². The van der Waals surface area contributed by atoms with Gasteiger partial charge in [-0.3, -0.25) is 0 Å². The Morgan fingerprint density at radius 1 is 1.10 bits per heavy atom. The van der Waals surface area contributed by atoms with Crippen LogP contribution in [0.2, 0.25) is 0 Å². The van der Waals surface area contributed by atoms with Gasteiger partial charge in [-0.1, -0.05) is 25.7 Å². The van der Waals surface area contributed by atoms with Gasteiger partial charge in [0.05, 0.1) is 0 Å². The summed E-state index contributed by atoms with van der Waals surface area (Å²) in [6, 6.07) is 1.06.